The van der Waals surface area contributed by atoms with E-state index in [0.717, 1.165) is 16.7 Å². The molecule has 0 saturated heterocycles. The molecule has 0 aliphatic carbocycles. The molecule has 2 rings (SSSR count). The summed E-state index contributed by atoms with van der Waals surface area (Å²) >= 11 is 5.89. The molecule has 2 aromatic rings. The fourth-order valence-electron chi connectivity index (χ4n) is 1.36. The molecule has 0 spiro atoms. The Bertz CT molecular complexity index is 557. The number of hydrogen-bond acceptors (Lipinski definition) is 2. The number of nitrogens with zero attached hydrogens (tertiary/aromatic N) is 1. The van der Waals surface area contributed by atoms with E-state index in [1.165, 1.54) is 0 Å². The average molecular weight is 218 g/mol. The van der Waals surface area contributed by atoms with Crippen LogP contribution in [0.1, 0.15) is 5.56 Å². The van der Waals surface area contributed by atoms with Crippen molar-refractivity contribution < 1.29 is 4.74 Å². The summed E-state index contributed by atoms with van der Waals surface area (Å²) in [6.07, 6.45) is 5.31. The molecule has 0 bridgehead atoms. The van der Waals surface area contributed by atoms with Gasteiger partial charge in [-0.2, -0.15) is 0 Å². The maximum atomic E-state index is 5.89. The number of rotatable bonds is 1. The largest absolute Gasteiger partial charge is 0.497 e. The van der Waals surface area contributed by atoms with Crippen molar-refractivity contribution in [3.63, 3.8) is 0 Å². The van der Waals surface area contributed by atoms with Crippen molar-refractivity contribution >= 4 is 22.5 Å². The summed E-state index contributed by atoms with van der Waals surface area (Å²) in [4.78, 5) is 4.19. The zero-order valence-corrected chi connectivity index (χ0v) is 8.88. The maximum absolute atomic E-state index is 5.89. The molecule has 0 atom stereocenters. The summed E-state index contributed by atoms with van der Waals surface area (Å²) in [5, 5.41) is 1.28. The number of aromatic nitrogens is 1. The lowest BCUT2D eigenvalue weighted by molar-refractivity contribution is 0.415. The monoisotopic (exact) mass is 217 g/mol. The molecule has 0 unspecified atom stereocenters. The lowest BCUT2D eigenvalue weighted by atomic mass is 10.1. The van der Waals surface area contributed by atoms with Crippen molar-refractivity contribution in [1.29, 1.82) is 0 Å². The third kappa shape index (κ3) is 1.74. The van der Waals surface area contributed by atoms with Gasteiger partial charge in [-0.3, -0.25) is 0 Å². The van der Waals surface area contributed by atoms with Gasteiger partial charge in [0.25, 0.3) is 0 Å². The van der Waals surface area contributed by atoms with Gasteiger partial charge in [0, 0.05) is 5.39 Å². The lowest BCUT2D eigenvalue weighted by Gasteiger charge is -2.03. The fraction of sp³-hybridized carbons (Fsp3) is 0.0833. The molecular formula is C12H8ClNO. The molecule has 1 aromatic carbocycles. The van der Waals surface area contributed by atoms with Gasteiger partial charge in [0.05, 0.1) is 18.2 Å². The van der Waals surface area contributed by atoms with Crippen LogP contribution in [0.4, 0.5) is 0 Å². The highest BCUT2D eigenvalue weighted by Gasteiger charge is 2.03. The van der Waals surface area contributed by atoms with Gasteiger partial charge in [-0.1, -0.05) is 17.5 Å². The third-order valence-corrected chi connectivity index (χ3v) is 2.42. The first-order valence-corrected chi connectivity index (χ1v) is 4.73. The molecule has 0 saturated carbocycles. The summed E-state index contributed by atoms with van der Waals surface area (Å²) in [5.41, 5.74) is 1.40. The number of ether oxygens (including phenoxy) is 1. The van der Waals surface area contributed by atoms with Crippen LogP contribution < -0.4 is 4.74 Å². The summed E-state index contributed by atoms with van der Waals surface area (Å²) in [5.74, 6) is 3.26. The van der Waals surface area contributed by atoms with Gasteiger partial charge in [0.15, 0.2) is 0 Å². The van der Waals surface area contributed by atoms with E-state index in [-0.39, 0.29) is 0 Å². The SMILES string of the molecule is C#Cc1cc2cc(OC)ccc2nc1Cl. The first-order valence-electron chi connectivity index (χ1n) is 4.35. The second-order valence-electron chi connectivity index (χ2n) is 3.03. The molecule has 0 aliphatic heterocycles. The van der Waals surface area contributed by atoms with Crippen molar-refractivity contribution in [3.8, 4) is 18.1 Å². The van der Waals surface area contributed by atoms with Crippen molar-refractivity contribution in [2.45, 2.75) is 0 Å². The van der Waals surface area contributed by atoms with Crippen LogP contribution in [-0.2, 0) is 0 Å². The molecule has 0 amide bonds. The third-order valence-electron chi connectivity index (χ3n) is 2.13. The zero-order chi connectivity index (χ0) is 10.8. The van der Waals surface area contributed by atoms with Crippen molar-refractivity contribution in [2.24, 2.45) is 0 Å². The van der Waals surface area contributed by atoms with Gasteiger partial charge in [-0.15, -0.1) is 6.42 Å². The molecule has 0 N–H and O–H groups in total. The Kier molecular flexibility index (Phi) is 2.49. The number of fused-ring (bicyclic) bond motifs is 1. The number of benzene rings is 1. The standard InChI is InChI=1S/C12H8ClNO/c1-3-8-6-9-7-10(15-2)4-5-11(9)14-12(8)13/h1,4-7H,2H3. The molecular weight excluding hydrogens is 210 g/mol. The van der Waals surface area contributed by atoms with Crippen LogP contribution in [0.5, 0.6) is 5.75 Å². The first kappa shape index (κ1) is 9.82. The minimum atomic E-state index is 0.357. The number of pyridine rings is 1. The minimum Gasteiger partial charge on any atom is -0.497 e. The van der Waals surface area contributed by atoms with Crippen LogP contribution >= 0.6 is 11.6 Å². The smallest absolute Gasteiger partial charge is 0.145 e. The molecule has 1 heterocycles. The molecule has 3 heteroatoms. The summed E-state index contributed by atoms with van der Waals surface area (Å²) in [6.45, 7) is 0. The molecule has 0 radical (unpaired) electrons. The quantitative estimate of drug-likeness (QED) is 0.541. The predicted molar refractivity (Wildman–Crippen MR) is 61.2 cm³/mol. The summed E-state index contributed by atoms with van der Waals surface area (Å²) in [6, 6.07) is 7.38. The number of terminal acetylenes is 1. The average Bonchev–Trinajstić information content (AvgIpc) is 2.27. The zero-order valence-electron chi connectivity index (χ0n) is 8.12. The van der Waals surface area contributed by atoms with E-state index in [4.69, 9.17) is 22.8 Å². The predicted octanol–water partition coefficient (Wildman–Crippen LogP) is 2.88. The Hall–Kier alpha value is -1.72. The molecule has 0 aliphatic rings. The Balaban J connectivity index is 2.72. The fourth-order valence-corrected chi connectivity index (χ4v) is 1.56. The minimum absolute atomic E-state index is 0.357. The highest BCUT2D eigenvalue weighted by Crippen LogP contribution is 2.23. The van der Waals surface area contributed by atoms with Gasteiger partial charge in [0.1, 0.15) is 10.9 Å². The number of hydrogen-bond donors (Lipinski definition) is 0. The molecule has 1 aromatic heterocycles. The topological polar surface area (TPSA) is 22.1 Å². The Labute approximate surface area is 92.8 Å². The van der Waals surface area contributed by atoms with Crippen molar-refractivity contribution in [3.05, 3.63) is 35.0 Å². The van der Waals surface area contributed by atoms with Crippen molar-refractivity contribution in [1.82, 2.24) is 4.98 Å². The molecule has 74 valence electrons. The van der Waals surface area contributed by atoms with E-state index in [2.05, 4.69) is 10.9 Å². The molecule has 2 nitrogen and oxygen atoms in total. The van der Waals surface area contributed by atoms with Crippen LogP contribution in [0.3, 0.4) is 0 Å². The summed E-state index contributed by atoms with van der Waals surface area (Å²) in [7, 11) is 1.62. The van der Waals surface area contributed by atoms with E-state index in [0.29, 0.717) is 10.7 Å². The van der Waals surface area contributed by atoms with E-state index < -0.39 is 0 Å². The van der Waals surface area contributed by atoms with E-state index in [9.17, 15) is 0 Å². The van der Waals surface area contributed by atoms with Crippen LogP contribution in [0.2, 0.25) is 5.15 Å². The Morgan fingerprint density at radius 1 is 1.40 bits per heavy atom. The van der Waals surface area contributed by atoms with Gasteiger partial charge in [-0.25, -0.2) is 4.98 Å². The van der Waals surface area contributed by atoms with Crippen LogP contribution in [0, 0.1) is 12.3 Å². The van der Waals surface area contributed by atoms with Crippen LogP contribution in [0.15, 0.2) is 24.3 Å². The van der Waals surface area contributed by atoms with E-state index in [1.54, 1.807) is 7.11 Å². The lowest BCUT2D eigenvalue weighted by Crippen LogP contribution is -1.87. The maximum Gasteiger partial charge on any atom is 0.145 e. The van der Waals surface area contributed by atoms with Gasteiger partial charge in [-0.05, 0) is 24.3 Å². The van der Waals surface area contributed by atoms with E-state index in [1.807, 2.05) is 24.3 Å². The normalized spacial score (nSPS) is 9.93. The van der Waals surface area contributed by atoms with Crippen LogP contribution in [0.25, 0.3) is 10.9 Å². The van der Waals surface area contributed by atoms with E-state index >= 15 is 0 Å². The Morgan fingerprint density at radius 3 is 2.87 bits per heavy atom. The Morgan fingerprint density at radius 2 is 2.20 bits per heavy atom. The molecule has 15 heavy (non-hydrogen) atoms. The number of halogens is 1. The molecule has 0 fully saturated rings. The van der Waals surface area contributed by atoms with Gasteiger partial charge >= 0.3 is 0 Å². The highest BCUT2D eigenvalue weighted by atomic mass is 35.5. The highest BCUT2D eigenvalue weighted by molar-refractivity contribution is 6.31. The second kappa shape index (κ2) is 3.80. The van der Waals surface area contributed by atoms with Gasteiger partial charge < -0.3 is 4.74 Å². The summed E-state index contributed by atoms with van der Waals surface area (Å²) < 4.78 is 5.11. The first-order chi connectivity index (χ1) is 7.24. The van der Waals surface area contributed by atoms with Crippen LogP contribution in [-0.4, -0.2) is 12.1 Å². The number of methoxy groups -OCH3 is 1. The second-order valence-corrected chi connectivity index (χ2v) is 3.39. The van der Waals surface area contributed by atoms with Gasteiger partial charge in [0.2, 0.25) is 0 Å². The van der Waals surface area contributed by atoms with Crippen molar-refractivity contribution in [2.75, 3.05) is 7.11 Å².